The molecule has 0 spiro atoms. The van der Waals surface area contributed by atoms with Gasteiger partial charge in [-0.05, 0) is 85.0 Å². The quantitative estimate of drug-likeness (QED) is 0.365. The molecule has 1 amide bonds. The Morgan fingerprint density at radius 3 is 2.21 bits per heavy atom. The van der Waals surface area contributed by atoms with E-state index < -0.39 is 37.8 Å². The van der Waals surface area contributed by atoms with Crippen molar-refractivity contribution in [3.63, 3.8) is 0 Å². The highest BCUT2D eigenvalue weighted by Gasteiger charge is 2.29. The number of sulfonamides is 2. The van der Waals surface area contributed by atoms with E-state index in [1.807, 2.05) is 6.92 Å². The molecule has 1 saturated heterocycles. The van der Waals surface area contributed by atoms with Gasteiger partial charge in [0.1, 0.15) is 5.82 Å². The van der Waals surface area contributed by atoms with Crippen molar-refractivity contribution >= 4 is 43.2 Å². The predicted octanol–water partition coefficient (Wildman–Crippen LogP) is 4.95. The van der Waals surface area contributed by atoms with Crippen molar-refractivity contribution in [1.82, 2.24) is 9.03 Å². The fraction of sp³-hybridized carbons (Fsp3) is 0.296. The van der Waals surface area contributed by atoms with Gasteiger partial charge in [-0.25, -0.2) is 25.9 Å². The first-order valence-electron chi connectivity index (χ1n) is 12.4. The van der Waals surface area contributed by atoms with Gasteiger partial charge in [-0.15, -0.1) is 0 Å². The molecule has 208 valence electrons. The molecule has 2 N–H and O–H groups in total. The molecule has 39 heavy (non-hydrogen) atoms. The summed E-state index contributed by atoms with van der Waals surface area (Å²) in [7, 11) is -7.69. The van der Waals surface area contributed by atoms with Crippen LogP contribution >= 0.6 is 11.6 Å². The van der Waals surface area contributed by atoms with E-state index in [9.17, 15) is 26.0 Å². The second-order valence-electron chi connectivity index (χ2n) is 9.57. The highest BCUT2D eigenvalue weighted by atomic mass is 35.5. The topological polar surface area (TPSA) is 113 Å². The minimum Gasteiger partial charge on any atom is -0.326 e. The van der Waals surface area contributed by atoms with Crippen molar-refractivity contribution in [2.24, 2.45) is 5.92 Å². The minimum atomic E-state index is -4.04. The summed E-state index contributed by atoms with van der Waals surface area (Å²) in [6.45, 7) is 2.97. The van der Waals surface area contributed by atoms with E-state index >= 15 is 0 Å². The molecular formula is C27H29ClFN3O5S2. The van der Waals surface area contributed by atoms with E-state index in [0.717, 1.165) is 12.8 Å². The van der Waals surface area contributed by atoms with Gasteiger partial charge >= 0.3 is 0 Å². The van der Waals surface area contributed by atoms with E-state index in [1.165, 1.54) is 77.1 Å². The maximum Gasteiger partial charge on any atom is 0.243 e. The number of carbonyl (C=O) groups excluding carboxylic acids is 1. The van der Waals surface area contributed by atoms with Gasteiger partial charge in [0, 0.05) is 30.2 Å². The fourth-order valence-electron chi connectivity index (χ4n) is 4.41. The molecule has 0 radical (unpaired) electrons. The number of piperidine rings is 1. The summed E-state index contributed by atoms with van der Waals surface area (Å²) in [6.07, 6.45) is 1.50. The van der Waals surface area contributed by atoms with Crippen LogP contribution in [-0.2, 0) is 24.8 Å². The van der Waals surface area contributed by atoms with Crippen molar-refractivity contribution in [2.75, 3.05) is 18.4 Å². The zero-order valence-corrected chi connectivity index (χ0v) is 23.6. The predicted molar refractivity (Wildman–Crippen MR) is 148 cm³/mol. The zero-order valence-electron chi connectivity index (χ0n) is 21.2. The summed E-state index contributed by atoms with van der Waals surface area (Å²) in [5, 5.41) is 3.05. The summed E-state index contributed by atoms with van der Waals surface area (Å²) in [6, 6.07) is 15.6. The molecule has 3 aromatic carbocycles. The first-order valence-corrected chi connectivity index (χ1v) is 15.7. The number of carbonyl (C=O) groups is 1. The van der Waals surface area contributed by atoms with Crippen LogP contribution in [0.3, 0.4) is 0 Å². The largest absolute Gasteiger partial charge is 0.326 e. The molecule has 4 rings (SSSR count). The van der Waals surface area contributed by atoms with E-state index in [0.29, 0.717) is 35.3 Å². The lowest BCUT2D eigenvalue weighted by Crippen LogP contribution is -2.39. The smallest absolute Gasteiger partial charge is 0.243 e. The third-order valence-electron chi connectivity index (χ3n) is 6.48. The number of benzene rings is 3. The number of nitrogens with zero attached hydrogens (tertiary/aromatic N) is 1. The Morgan fingerprint density at radius 2 is 1.59 bits per heavy atom. The molecule has 1 aliphatic heterocycles. The number of nitrogens with one attached hydrogen (secondary N) is 2. The van der Waals surface area contributed by atoms with Crippen LogP contribution in [0.2, 0.25) is 5.02 Å². The lowest BCUT2D eigenvalue weighted by molar-refractivity contribution is -0.116. The Hall–Kier alpha value is -2.83. The van der Waals surface area contributed by atoms with E-state index in [4.69, 9.17) is 11.6 Å². The lowest BCUT2D eigenvalue weighted by Gasteiger charge is -2.30. The van der Waals surface area contributed by atoms with Gasteiger partial charge < -0.3 is 5.32 Å². The van der Waals surface area contributed by atoms with Crippen LogP contribution in [0.1, 0.15) is 37.8 Å². The summed E-state index contributed by atoms with van der Waals surface area (Å²) in [4.78, 5) is 13.0. The zero-order chi connectivity index (χ0) is 28.2. The van der Waals surface area contributed by atoms with Crippen molar-refractivity contribution < 1.29 is 26.0 Å². The third-order valence-corrected chi connectivity index (χ3v) is 10.1. The normalized spacial score (nSPS) is 17.5. The van der Waals surface area contributed by atoms with Crippen LogP contribution in [0.5, 0.6) is 0 Å². The maximum absolute atomic E-state index is 13.5. The molecule has 0 aliphatic carbocycles. The standard InChI is InChI=1S/C27H29ClFN3O5S2/c1-19-3-2-16-32(18-19)39(36,37)25-14-10-23(11-15-25)30-27(33)17-26(20-4-8-22(29)9-5-20)31-38(34,35)24-12-6-21(28)7-13-24/h4-15,19,26,31H,2-3,16-18H2,1H3,(H,30,33)/t19-,26+/m1/s1. The molecule has 1 aliphatic rings. The second-order valence-corrected chi connectivity index (χ2v) is 13.7. The molecule has 12 heteroatoms. The number of halogens is 2. The minimum absolute atomic E-state index is 0.0423. The van der Waals surface area contributed by atoms with Crippen molar-refractivity contribution in [3.8, 4) is 0 Å². The van der Waals surface area contributed by atoms with E-state index in [2.05, 4.69) is 10.0 Å². The summed E-state index contributed by atoms with van der Waals surface area (Å²) >= 11 is 5.86. The summed E-state index contributed by atoms with van der Waals surface area (Å²) in [5.41, 5.74) is 0.741. The molecule has 0 bridgehead atoms. The van der Waals surface area contributed by atoms with Gasteiger partial charge in [-0.3, -0.25) is 4.79 Å². The van der Waals surface area contributed by atoms with Gasteiger partial charge in [0.15, 0.2) is 0 Å². The Labute approximate surface area is 233 Å². The van der Waals surface area contributed by atoms with Crippen LogP contribution in [0, 0.1) is 11.7 Å². The van der Waals surface area contributed by atoms with Gasteiger partial charge in [0.25, 0.3) is 0 Å². The number of hydrogen-bond acceptors (Lipinski definition) is 5. The van der Waals surface area contributed by atoms with E-state index in [1.54, 1.807) is 0 Å². The monoisotopic (exact) mass is 593 g/mol. The fourth-order valence-corrected chi connectivity index (χ4v) is 7.36. The first-order chi connectivity index (χ1) is 18.4. The number of rotatable bonds is 9. The van der Waals surface area contributed by atoms with Crippen LogP contribution in [0.15, 0.2) is 82.6 Å². The summed E-state index contributed by atoms with van der Waals surface area (Å²) in [5.74, 6) is -0.738. The third kappa shape index (κ3) is 7.43. The highest BCUT2D eigenvalue weighted by molar-refractivity contribution is 7.89. The van der Waals surface area contributed by atoms with Crippen molar-refractivity contribution in [2.45, 2.75) is 42.0 Å². The Kier molecular flexibility index (Phi) is 9.07. The Morgan fingerprint density at radius 1 is 0.974 bits per heavy atom. The van der Waals surface area contributed by atoms with Gasteiger partial charge in [0.05, 0.1) is 15.8 Å². The molecule has 0 saturated carbocycles. The molecule has 8 nitrogen and oxygen atoms in total. The van der Waals surface area contributed by atoms with Crippen molar-refractivity contribution in [3.05, 3.63) is 89.2 Å². The van der Waals surface area contributed by atoms with Gasteiger partial charge in [-0.1, -0.05) is 30.7 Å². The molecule has 1 heterocycles. The average Bonchev–Trinajstić information content (AvgIpc) is 2.89. The highest BCUT2D eigenvalue weighted by Crippen LogP contribution is 2.26. The SMILES string of the molecule is C[C@@H]1CCCN(S(=O)(=O)c2ccc(NC(=O)C[C@H](NS(=O)(=O)c3ccc(Cl)cc3)c3ccc(F)cc3)cc2)C1. The number of hydrogen-bond donors (Lipinski definition) is 2. The number of amides is 1. The lowest BCUT2D eigenvalue weighted by atomic mass is 10.0. The second kappa shape index (κ2) is 12.1. The van der Waals surface area contributed by atoms with E-state index in [-0.39, 0.29) is 16.2 Å². The average molecular weight is 594 g/mol. The van der Waals surface area contributed by atoms with Crippen LogP contribution in [0.4, 0.5) is 10.1 Å². The molecule has 0 unspecified atom stereocenters. The molecule has 1 fully saturated rings. The Bertz CT molecular complexity index is 1520. The molecule has 2 atom stereocenters. The molecular weight excluding hydrogens is 565 g/mol. The van der Waals surface area contributed by atoms with Crippen LogP contribution < -0.4 is 10.0 Å². The van der Waals surface area contributed by atoms with Gasteiger partial charge in [0.2, 0.25) is 26.0 Å². The van der Waals surface area contributed by atoms with Crippen LogP contribution in [-0.4, -0.2) is 40.1 Å². The first kappa shape index (κ1) is 29.2. The van der Waals surface area contributed by atoms with Crippen molar-refractivity contribution in [1.29, 1.82) is 0 Å². The number of anilines is 1. The Balaban J connectivity index is 1.48. The molecule has 0 aromatic heterocycles. The maximum atomic E-state index is 13.5. The molecule has 3 aromatic rings. The summed E-state index contributed by atoms with van der Waals surface area (Å²) < 4.78 is 69.5. The van der Waals surface area contributed by atoms with Gasteiger partial charge in [-0.2, -0.15) is 4.31 Å². The van der Waals surface area contributed by atoms with Crippen LogP contribution in [0.25, 0.3) is 0 Å².